The van der Waals surface area contributed by atoms with Crippen LogP contribution < -0.4 is 10.1 Å². The van der Waals surface area contributed by atoms with Gasteiger partial charge in [-0.15, -0.1) is 0 Å². The molecule has 2 aliphatic carbocycles. The maximum Gasteiger partial charge on any atom is 0.408 e. The fraction of sp³-hybridized carbons (Fsp3) is 0.562. The van der Waals surface area contributed by atoms with Gasteiger partial charge in [0.2, 0.25) is 5.88 Å². The summed E-state index contributed by atoms with van der Waals surface area (Å²) in [4.78, 5) is 20.6. The summed E-state index contributed by atoms with van der Waals surface area (Å²) in [5.41, 5.74) is 0.811. The number of alkyl halides is 3. The second-order valence-electron chi connectivity index (χ2n) is 6.67. The van der Waals surface area contributed by atoms with E-state index >= 15 is 0 Å². The van der Waals surface area contributed by atoms with Gasteiger partial charge < -0.3 is 10.1 Å². The van der Waals surface area contributed by atoms with Gasteiger partial charge in [-0.25, -0.2) is 4.98 Å². The molecule has 2 aromatic heterocycles. The van der Waals surface area contributed by atoms with E-state index < -0.39 is 24.0 Å². The lowest BCUT2D eigenvalue weighted by Crippen LogP contribution is -2.47. The van der Waals surface area contributed by atoms with E-state index in [0.29, 0.717) is 18.7 Å². The van der Waals surface area contributed by atoms with Crippen LogP contribution in [0.15, 0.2) is 12.4 Å². The van der Waals surface area contributed by atoms with Gasteiger partial charge in [-0.3, -0.25) is 9.20 Å². The standard InChI is InChI=1S/C16H17F3N4O2/c1-8-6-11(25-10-4-5-10)21-14-12(20-7-23(8)14)15(24)22-13(9-2-3-9)16(17,18)19/h6-7,9-10,13H,2-5H2,1H3,(H,22,24). The minimum absolute atomic E-state index is 0.124. The van der Waals surface area contributed by atoms with Crippen molar-refractivity contribution in [2.45, 2.75) is 50.9 Å². The number of carbonyl (C=O) groups excluding carboxylic acids is 1. The molecular formula is C16H17F3N4O2. The number of nitrogens with one attached hydrogen (secondary N) is 1. The lowest BCUT2D eigenvalue weighted by molar-refractivity contribution is -0.158. The van der Waals surface area contributed by atoms with Gasteiger partial charge in [0.1, 0.15) is 18.5 Å². The molecule has 9 heteroatoms. The van der Waals surface area contributed by atoms with Gasteiger partial charge in [0.25, 0.3) is 5.91 Å². The number of rotatable bonds is 5. The van der Waals surface area contributed by atoms with Gasteiger partial charge in [0.05, 0.1) is 0 Å². The predicted molar refractivity (Wildman–Crippen MR) is 81.4 cm³/mol. The molecule has 2 aromatic rings. The number of aromatic nitrogens is 3. The van der Waals surface area contributed by atoms with Crippen molar-refractivity contribution < 1.29 is 22.7 Å². The Bertz CT molecular complexity index is 825. The van der Waals surface area contributed by atoms with Crippen LogP contribution >= 0.6 is 0 Å². The average Bonchev–Trinajstić information content (AvgIpc) is 3.43. The van der Waals surface area contributed by atoms with Crippen LogP contribution in [0.2, 0.25) is 0 Å². The summed E-state index contributed by atoms with van der Waals surface area (Å²) in [6.45, 7) is 1.79. The number of imidazole rings is 1. The SMILES string of the molecule is Cc1cc(OC2CC2)nc2c(C(=O)NC(C3CC3)C(F)(F)F)ncn12. The Hall–Kier alpha value is -2.32. The summed E-state index contributed by atoms with van der Waals surface area (Å²) in [6.07, 6.45) is -0.140. The van der Waals surface area contributed by atoms with E-state index in [2.05, 4.69) is 15.3 Å². The van der Waals surface area contributed by atoms with Crippen molar-refractivity contribution in [1.29, 1.82) is 0 Å². The monoisotopic (exact) mass is 354 g/mol. The lowest BCUT2D eigenvalue weighted by atomic mass is 10.1. The number of halogens is 3. The third kappa shape index (κ3) is 3.27. The van der Waals surface area contributed by atoms with Crippen molar-refractivity contribution in [1.82, 2.24) is 19.7 Å². The highest BCUT2D eigenvalue weighted by atomic mass is 19.4. The first kappa shape index (κ1) is 16.2. The van der Waals surface area contributed by atoms with Crippen LogP contribution in [0.4, 0.5) is 13.2 Å². The van der Waals surface area contributed by atoms with Crippen LogP contribution in [-0.4, -0.2) is 38.6 Å². The molecule has 2 saturated carbocycles. The normalized spacial score (nSPS) is 19.0. The zero-order valence-electron chi connectivity index (χ0n) is 13.5. The molecule has 1 N–H and O–H groups in total. The molecule has 1 unspecified atom stereocenters. The van der Waals surface area contributed by atoms with Crippen molar-refractivity contribution in [2.75, 3.05) is 0 Å². The van der Waals surface area contributed by atoms with Crippen molar-refractivity contribution in [3.05, 3.63) is 23.8 Å². The second-order valence-corrected chi connectivity index (χ2v) is 6.67. The quantitative estimate of drug-likeness (QED) is 0.896. The number of ether oxygens (including phenoxy) is 1. The van der Waals surface area contributed by atoms with E-state index in [9.17, 15) is 18.0 Å². The number of carbonyl (C=O) groups is 1. The molecule has 6 nitrogen and oxygen atoms in total. The minimum atomic E-state index is -4.48. The molecule has 134 valence electrons. The third-order valence-corrected chi connectivity index (χ3v) is 4.43. The molecule has 0 radical (unpaired) electrons. The lowest BCUT2D eigenvalue weighted by Gasteiger charge is -2.20. The first-order valence-corrected chi connectivity index (χ1v) is 8.22. The zero-order valence-corrected chi connectivity index (χ0v) is 13.5. The summed E-state index contributed by atoms with van der Waals surface area (Å²) in [7, 11) is 0. The first-order chi connectivity index (χ1) is 11.8. The van der Waals surface area contributed by atoms with Crippen molar-refractivity contribution in [2.24, 2.45) is 5.92 Å². The largest absolute Gasteiger partial charge is 0.474 e. The molecule has 25 heavy (non-hydrogen) atoms. The summed E-state index contributed by atoms with van der Waals surface area (Å²) < 4.78 is 46.6. The highest BCUT2D eigenvalue weighted by Gasteiger charge is 2.50. The zero-order chi connectivity index (χ0) is 17.8. The fourth-order valence-corrected chi connectivity index (χ4v) is 2.78. The number of aryl methyl sites for hydroxylation is 1. The Morgan fingerprint density at radius 1 is 1.36 bits per heavy atom. The minimum Gasteiger partial charge on any atom is -0.474 e. The maximum absolute atomic E-state index is 13.1. The van der Waals surface area contributed by atoms with E-state index in [4.69, 9.17) is 4.74 Å². The molecule has 2 fully saturated rings. The number of hydrogen-bond donors (Lipinski definition) is 1. The number of amides is 1. The van der Waals surface area contributed by atoms with Gasteiger partial charge in [-0.2, -0.15) is 18.2 Å². The van der Waals surface area contributed by atoms with E-state index in [1.807, 2.05) is 0 Å². The highest BCUT2D eigenvalue weighted by molar-refractivity contribution is 5.98. The number of nitrogens with zero attached hydrogens (tertiary/aromatic N) is 3. The van der Waals surface area contributed by atoms with Crippen LogP contribution in [0.1, 0.15) is 41.9 Å². The molecule has 0 bridgehead atoms. The Kier molecular flexibility index (Phi) is 3.62. The van der Waals surface area contributed by atoms with Crippen molar-refractivity contribution in [3.8, 4) is 5.88 Å². The summed E-state index contributed by atoms with van der Waals surface area (Å²) in [6, 6.07) is -0.124. The van der Waals surface area contributed by atoms with E-state index in [1.54, 1.807) is 17.4 Å². The van der Waals surface area contributed by atoms with Crippen LogP contribution in [0.25, 0.3) is 5.65 Å². The molecule has 1 amide bonds. The summed E-state index contributed by atoms with van der Waals surface area (Å²) >= 11 is 0. The molecule has 0 spiro atoms. The van der Waals surface area contributed by atoms with E-state index in [-0.39, 0.29) is 17.4 Å². The summed E-state index contributed by atoms with van der Waals surface area (Å²) in [5.74, 6) is -1.06. The second kappa shape index (κ2) is 5.60. The molecule has 0 aliphatic heterocycles. The van der Waals surface area contributed by atoms with Gasteiger partial charge in [0, 0.05) is 11.8 Å². The Morgan fingerprint density at radius 2 is 2.08 bits per heavy atom. The maximum atomic E-state index is 13.1. The number of fused-ring (bicyclic) bond motifs is 1. The molecule has 4 rings (SSSR count). The van der Waals surface area contributed by atoms with Crippen LogP contribution in [-0.2, 0) is 0 Å². The summed E-state index contributed by atoms with van der Waals surface area (Å²) in [5, 5.41) is 2.08. The molecule has 2 heterocycles. The first-order valence-electron chi connectivity index (χ1n) is 8.22. The van der Waals surface area contributed by atoms with Crippen molar-refractivity contribution in [3.63, 3.8) is 0 Å². The average molecular weight is 354 g/mol. The van der Waals surface area contributed by atoms with Crippen LogP contribution in [0, 0.1) is 12.8 Å². The van der Waals surface area contributed by atoms with Gasteiger partial charge in [-0.1, -0.05) is 0 Å². The third-order valence-electron chi connectivity index (χ3n) is 4.43. The molecule has 0 saturated heterocycles. The van der Waals surface area contributed by atoms with Crippen LogP contribution in [0.3, 0.4) is 0 Å². The van der Waals surface area contributed by atoms with Gasteiger partial charge in [0.15, 0.2) is 11.3 Å². The molecule has 2 aliphatic rings. The fourth-order valence-electron chi connectivity index (χ4n) is 2.78. The highest BCUT2D eigenvalue weighted by Crippen LogP contribution is 2.40. The predicted octanol–water partition coefficient (Wildman–Crippen LogP) is 2.65. The van der Waals surface area contributed by atoms with Crippen molar-refractivity contribution >= 4 is 11.6 Å². The smallest absolute Gasteiger partial charge is 0.408 e. The molecule has 0 aromatic carbocycles. The van der Waals surface area contributed by atoms with Crippen LogP contribution in [0.5, 0.6) is 5.88 Å². The topological polar surface area (TPSA) is 68.5 Å². The van der Waals surface area contributed by atoms with Gasteiger partial charge >= 0.3 is 6.18 Å². The molecular weight excluding hydrogens is 337 g/mol. The Labute approximate surface area is 141 Å². The van der Waals surface area contributed by atoms with Gasteiger partial charge in [-0.05, 0) is 38.5 Å². The Balaban J connectivity index is 1.63. The molecule has 1 atom stereocenters. The number of hydrogen-bond acceptors (Lipinski definition) is 4. The van der Waals surface area contributed by atoms with E-state index in [0.717, 1.165) is 18.5 Å². The van der Waals surface area contributed by atoms with E-state index in [1.165, 1.54) is 6.33 Å². The Morgan fingerprint density at radius 3 is 2.68 bits per heavy atom.